The maximum Gasteiger partial charge on any atom is 0.108 e. The normalized spacial score (nSPS) is 46.1. The van der Waals surface area contributed by atoms with Crippen molar-refractivity contribution in [2.24, 2.45) is 5.92 Å². The molecule has 1 fully saturated rings. The van der Waals surface area contributed by atoms with Crippen molar-refractivity contribution in [3.63, 3.8) is 0 Å². The lowest BCUT2D eigenvalue weighted by molar-refractivity contribution is 0.0238. The molecule has 0 unspecified atom stereocenters. The highest BCUT2D eigenvalue weighted by Crippen LogP contribution is 2.42. The summed E-state index contributed by atoms with van der Waals surface area (Å²) in [7, 11) is 0. The number of rotatable bonds is 1. The van der Waals surface area contributed by atoms with Gasteiger partial charge >= 0.3 is 0 Å². The van der Waals surface area contributed by atoms with E-state index < -0.39 is 5.67 Å². The summed E-state index contributed by atoms with van der Waals surface area (Å²) in [4.78, 5) is 0. The van der Waals surface area contributed by atoms with Gasteiger partial charge in [-0.3, -0.25) is 0 Å². The third kappa shape index (κ3) is 1.01. The lowest BCUT2D eigenvalue weighted by atomic mass is 9.72. The van der Waals surface area contributed by atoms with E-state index >= 15 is 0 Å². The average Bonchev–Trinajstić information content (AvgIpc) is 1.60. The summed E-state index contributed by atoms with van der Waals surface area (Å²) in [5.74, 6) is 0.685. The van der Waals surface area contributed by atoms with Crippen molar-refractivity contribution in [2.75, 3.05) is 0 Å². The van der Waals surface area contributed by atoms with Crippen LogP contribution in [0.25, 0.3) is 0 Å². The molecule has 1 rings (SSSR count). The van der Waals surface area contributed by atoms with Crippen LogP contribution in [0.15, 0.2) is 0 Å². The van der Waals surface area contributed by atoms with Crippen molar-refractivity contribution in [3.05, 3.63) is 0 Å². The minimum Gasteiger partial charge on any atom is -0.244 e. The van der Waals surface area contributed by atoms with E-state index in [1.165, 1.54) is 0 Å². The molecule has 0 aromatic rings. The van der Waals surface area contributed by atoms with Gasteiger partial charge in [-0.05, 0) is 25.7 Å². The highest BCUT2D eigenvalue weighted by atomic mass is 19.1. The topological polar surface area (TPSA) is 0 Å². The summed E-state index contributed by atoms with van der Waals surface area (Å²) in [6, 6.07) is 0. The first-order valence-electron chi connectivity index (χ1n) is 3.33. The van der Waals surface area contributed by atoms with Gasteiger partial charge < -0.3 is 0 Å². The lowest BCUT2D eigenvalue weighted by Crippen LogP contribution is -2.36. The molecule has 0 saturated heterocycles. The first-order valence-corrected chi connectivity index (χ1v) is 3.33. The summed E-state index contributed by atoms with van der Waals surface area (Å²) in [6.45, 7) is 3.82. The molecule has 1 saturated carbocycles. The van der Waals surface area contributed by atoms with Crippen LogP contribution in [0.5, 0.6) is 0 Å². The summed E-state index contributed by atoms with van der Waals surface area (Å²) < 4.78 is 12.6. The highest BCUT2D eigenvalue weighted by molar-refractivity contribution is 4.89. The molecule has 8 heavy (non-hydrogen) atoms. The van der Waals surface area contributed by atoms with Crippen LogP contribution in [0.3, 0.4) is 0 Å². The van der Waals surface area contributed by atoms with Gasteiger partial charge in [-0.25, -0.2) is 4.39 Å². The Morgan fingerprint density at radius 3 is 2.25 bits per heavy atom. The van der Waals surface area contributed by atoms with E-state index in [4.69, 9.17) is 0 Å². The molecule has 0 nitrogen and oxygen atoms in total. The molecule has 1 aliphatic rings. The van der Waals surface area contributed by atoms with E-state index in [1.54, 1.807) is 6.92 Å². The third-order valence-corrected chi connectivity index (χ3v) is 2.01. The molecule has 0 N–H and O–H groups in total. The summed E-state index contributed by atoms with van der Waals surface area (Å²) >= 11 is 0. The van der Waals surface area contributed by atoms with Crippen LogP contribution in [0.2, 0.25) is 0 Å². The highest BCUT2D eigenvalue weighted by Gasteiger charge is 2.38. The fraction of sp³-hybridized carbons (Fsp3) is 1.00. The van der Waals surface area contributed by atoms with Gasteiger partial charge in [-0.1, -0.05) is 13.3 Å². The molecular weight excluding hydrogens is 103 g/mol. The largest absolute Gasteiger partial charge is 0.244 e. The molecule has 0 radical (unpaired) electrons. The quantitative estimate of drug-likeness (QED) is 0.494. The van der Waals surface area contributed by atoms with Crippen LogP contribution in [0, 0.1) is 5.92 Å². The summed E-state index contributed by atoms with van der Waals surface area (Å²) in [5.41, 5.74) is -0.805. The minimum atomic E-state index is -0.805. The van der Waals surface area contributed by atoms with Crippen LogP contribution >= 0.6 is 0 Å². The molecular formula is C7H13F. The number of hydrogen-bond donors (Lipinski definition) is 0. The SMILES string of the molecule is CCC1CC(C)(F)C1. The molecule has 48 valence electrons. The van der Waals surface area contributed by atoms with Crippen molar-refractivity contribution in [3.8, 4) is 0 Å². The second kappa shape index (κ2) is 1.71. The van der Waals surface area contributed by atoms with Crippen molar-refractivity contribution in [1.29, 1.82) is 0 Å². The second-order valence-corrected chi connectivity index (χ2v) is 3.10. The van der Waals surface area contributed by atoms with Gasteiger partial charge in [-0.2, -0.15) is 0 Å². The molecule has 0 aliphatic heterocycles. The monoisotopic (exact) mass is 116 g/mol. The molecule has 0 heterocycles. The van der Waals surface area contributed by atoms with Crippen LogP contribution < -0.4 is 0 Å². The zero-order chi connectivity index (χ0) is 6.20. The Kier molecular flexibility index (Phi) is 1.30. The molecule has 1 aliphatic carbocycles. The van der Waals surface area contributed by atoms with E-state index in [0.29, 0.717) is 5.92 Å². The second-order valence-electron chi connectivity index (χ2n) is 3.10. The standard InChI is InChI=1S/C7H13F/c1-3-6-4-7(2,8)5-6/h6H,3-5H2,1-2H3. The van der Waals surface area contributed by atoms with Gasteiger partial charge in [0.05, 0.1) is 0 Å². The summed E-state index contributed by atoms with van der Waals surface area (Å²) in [5, 5.41) is 0. The Labute approximate surface area is 50.1 Å². The van der Waals surface area contributed by atoms with Gasteiger partial charge in [0, 0.05) is 0 Å². The lowest BCUT2D eigenvalue weighted by Gasteiger charge is -2.38. The van der Waals surface area contributed by atoms with Gasteiger partial charge in [0.25, 0.3) is 0 Å². The van der Waals surface area contributed by atoms with Gasteiger partial charge in [-0.15, -0.1) is 0 Å². The van der Waals surface area contributed by atoms with Crippen molar-refractivity contribution in [2.45, 2.75) is 38.8 Å². The van der Waals surface area contributed by atoms with E-state index in [0.717, 1.165) is 19.3 Å². The van der Waals surface area contributed by atoms with Crippen molar-refractivity contribution in [1.82, 2.24) is 0 Å². The van der Waals surface area contributed by atoms with E-state index in [-0.39, 0.29) is 0 Å². The fourth-order valence-electron chi connectivity index (χ4n) is 1.43. The van der Waals surface area contributed by atoms with E-state index in [9.17, 15) is 4.39 Å². The molecule has 0 bridgehead atoms. The number of hydrogen-bond acceptors (Lipinski definition) is 0. The molecule has 0 aromatic heterocycles. The first-order chi connectivity index (χ1) is 3.64. The summed E-state index contributed by atoms with van der Waals surface area (Å²) in [6.07, 6.45) is 2.74. The predicted molar refractivity (Wildman–Crippen MR) is 32.5 cm³/mol. The molecule has 1 heteroatoms. The number of alkyl halides is 1. The minimum absolute atomic E-state index is 0.685. The van der Waals surface area contributed by atoms with Crippen LogP contribution in [0.1, 0.15) is 33.1 Å². The van der Waals surface area contributed by atoms with Crippen molar-refractivity contribution < 1.29 is 4.39 Å². The molecule has 0 aromatic carbocycles. The zero-order valence-electron chi connectivity index (χ0n) is 5.58. The molecule has 0 spiro atoms. The maximum absolute atomic E-state index is 12.6. The number of halogens is 1. The zero-order valence-corrected chi connectivity index (χ0v) is 5.58. The van der Waals surface area contributed by atoms with E-state index in [1.807, 2.05) is 0 Å². The van der Waals surface area contributed by atoms with Crippen LogP contribution in [-0.4, -0.2) is 5.67 Å². The third-order valence-electron chi connectivity index (χ3n) is 2.01. The average molecular weight is 116 g/mol. The van der Waals surface area contributed by atoms with Gasteiger partial charge in [0.1, 0.15) is 5.67 Å². The van der Waals surface area contributed by atoms with Crippen LogP contribution in [-0.2, 0) is 0 Å². The van der Waals surface area contributed by atoms with Crippen molar-refractivity contribution >= 4 is 0 Å². The molecule has 0 amide bonds. The Hall–Kier alpha value is -0.0700. The Balaban J connectivity index is 2.21. The predicted octanol–water partition coefficient (Wildman–Crippen LogP) is 2.53. The van der Waals surface area contributed by atoms with Gasteiger partial charge in [0.2, 0.25) is 0 Å². The Bertz CT molecular complexity index is 78.4. The smallest absolute Gasteiger partial charge is 0.108 e. The fourth-order valence-corrected chi connectivity index (χ4v) is 1.43. The van der Waals surface area contributed by atoms with Crippen LogP contribution in [0.4, 0.5) is 4.39 Å². The molecule has 0 atom stereocenters. The Morgan fingerprint density at radius 1 is 1.62 bits per heavy atom. The maximum atomic E-state index is 12.6. The van der Waals surface area contributed by atoms with E-state index in [2.05, 4.69) is 6.92 Å². The first kappa shape index (κ1) is 6.06. The van der Waals surface area contributed by atoms with Gasteiger partial charge in [0.15, 0.2) is 0 Å². The Morgan fingerprint density at radius 2 is 2.12 bits per heavy atom.